The standard InChI is InChI=1S/C30H48O3/c1-25(2)14-16-30(24(32)33)17-15-28(6)19(20(30)18-25)8-9-22-27(5)12-11-23(31)26(3,4)21(27)10-13-29(22,28)7/h8,20-23,31H,9-18H2,1-7H3,(H,32,33)/t20-,21+,22-,23+,27+,28-,29-,30-/m1/s1. The van der Waals surface area contributed by atoms with Crippen LogP contribution in [0.25, 0.3) is 0 Å². The summed E-state index contributed by atoms with van der Waals surface area (Å²) in [5.74, 6) is 0.807. The quantitative estimate of drug-likeness (QED) is 0.409. The Hall–Kier alpha value is -0.830. The number of carboxylic acids is 1. The van der Waals surface area contributed by atoms with Gasteiger partial charge in [-0.25, -0.2) is 0 Å². The topological polar surface area (TPSA) is 57.5 Å². The zero-order chi connectivity index (χ0) is 24.2. The number of rotatable bonds is 1. The van der Waals surface area contributed by atoms with E-state index in [0.29, 0.717) is 11.8 Å². The van der Waals surface area contributed by atoms with Crippen LogP contribution in [0.5, 0.6) is 0 Å². The summed E-state index contributed by atoms with van der Waals surface area (Å²) in [5, 5.41) is 21.4. The van der Waals surface area contributed by atoms with Gasteiger partial charge in [-0.05, 0) is 109 Å². The van der Waals surface area contributed by atoms with E-state index in [9.17, 15) is 15.0 Å². The van der Waals surface area contributed by atoms with Crippen molar-refractivity contribution in [1.29, 1.82) is 0 Å². The van der Waals surface area contributed by atoms with E-state index in [1.165, 1.54) is 18.4 Å². The van der Waals surface area contributed by atoms with Gasteiger partial charge in [0.15, 0.2) is 0 Å². The van der Waals surface area contributed by atoms with E-state index in [1.54, 1.807) is 0 Å². The van der Waals surface area contributed by atoms with Crippen LogP contribution >= 0.6 is 0 Å². The normalized spacial score (nSPS) is 52.4. The minimum absolute atomic E-state index is 0.0301. The Labute approximate surface area is 201 Å². The Morgan fingerprint density at radius 2 is 1.55 bits per heavy atom. The summed E-state index contributed by atoms with van der Waals surface area (Å²) in [6, 6.07) is 0. The molecule has 0 aliphatic heterocycles. The molecule has 0 saturated heterocycles. The number of carboxylic acid groups (broad SMARTS) is 1. The van der Waals surface area contributed by atoms with Crippen molar-refractivity contribution in [3.63, 3.8) is 0 Å². The van der Waals surface area contributed by atoms with Crippen LogP contribution in [0.15, 0.2) is 11.6 Å². The molecule has 0 aromatic heterocycles. The van der Waals surface area contributed by atoms with Gasteiger partial charge in [0.1, 0.15) is 0 Å². The lowest BCUT2D eigenvalue weighted by Crippen LogP contribution is -2.65. The second kappa shape index (κ2) is 6.89. The average molecular weight is 457 g/mol. The number of carbonyl (C=O) groups is 1. The Balaban J connectivity index is 1.60. The highest BCUT2D eigenvalue weighted by Gasteiger charge is 2.69. The van der Waals surface area contributed by atoms with Crippen LogP contribution in [0.2, 0.25) is 0 Å². The average Bonchev–Trinajstić information content (AvgIpc) is 2.71. The van der Waals surface area contributed by atoms with Gasteiger partial charge in [0.2, 0.25) is 0 Å². The highest BCUT2D eigenvalue weighted by atomic mass is 16.4. The van der Waals surface area contributed by atoms with E-state index in [2.05, 4.69) is 54.5 Å². The fourth-order valence-electron chi connectivity index (χ4n) is 10.6. The van der Waals surface area contributed by atoms with E-state index >= 15 is 0 Å². The molecule has 0 heterocycles. The van der Waals surface area contributed by atoms with Crippen LogP contribution in [0, 0.1) is 50.2 Å². The number of aliphatic hydroxyl groups excluding tert-OH is 1. The molecule has 0 radical (unpaired) electrons. The highest BCUT2D eigenvalue weighted by molar-refractivity contribution is 5.76. The first-order chi connectivity index (χ1) is 15.1. The van der Waals surface area contributed by atoms with E-state index in [1.807, 2.05) is 0 Å². The second-order valence-corrected chi connectivity index (χ2v) is 15.1. The molecule has 5 aliphatic rings. The molecule has 0 unspecified atom stereocenters. The van der Waals surface area contributed by atoms with Crippen LogP contribution in [-0.4, -0.2) is 22.3 Å². The van der Waals surface area contributed by atoms with Gasteiger partial charge in [0.05, 0.1) is 11.5 Å². The molecule has 3 heteroatoms. The first kappa shape index (κ1) is 23.9. The molecular formula is C30H48O3. The van der Waals surface area contributed by atoms with E-state index in [4.69, 9.17) is 0 Å². The highest BCUT2D eigenvalue weighted by Crippen LogP contribution is 2.75. The number of aliphatic hydroxyl groups is 1. The fraction of sp³-hybridized carbons (Fsp3) is 0.900. The van der Waals surface area contributed by atoms with Gasteiger partial charge in [-0.3, -0.25) is 4.79 Å². The molecule has 0 amide bonds. The monoisotopic (exact) mass is 456 g/mol. The van der Waals surface area contributed by atoms with Crippen molar-refractivity contribution in [3.8, 4) is 0 Å². The van der Waals surface area contributed by atoms with Crippen LogP contribution in [0.4, 0.5) is 0 Å². The zero-order valence-electron chi connectivity index (χ0n) is 22.3. The zero-order valence-corrected chi connectivity index (χ0v) is 22.3. The molecule has 0 aromatic rings. The van der Waals surface area contributed by atoms with Crippen molar-refractivity contribution >= 4 is 5.97 Å². The number of hydrogen-bond acceptors (Lipinski definition) is 2. The van der Waals surface area contributed by atoms with E-state index in [-0.39, 0.29) is 39.1 Å². The van der Waals surface area contributed by atoms with Gasteiger partial charge < -0.3 is 10.2 Å². The largest absolute Gasteiger partial charge is 0.481 e. The predicted molar refractivity (Wildman–Crippen MR) is 133 cm³/mol. The van der Waals surface area contributed by atoms with Gasteiger partial charge >= 0.3 is 5.97 Å². The summed E-state index contributed by atoms with van der Waals surface area (Å²) in [6.45, 7) is 16.9. The van der Waals surface area contributed by atoms with E-state index in [0.717, 1.165) is 51.4 Å². The van der Waals surface area contributed by atoms with E-state index < -0.39 is 11.4 Å². The third-order valence-corrected chi connectivity index (χ3v) is 13.0. The molecule has 186 valence electrons. The van der Waals surface area contributed by atoms with Gasteiger partial charge in [-0.15, -0.1) is 0 Å². The summed E-state index contributed by atoms with van der Waals surface area (Å²) in [4.78, 5) is 12.8. The maximum Gasteiger partial charge on any atom is 0.310 e. The number of allylic oxidation sites excluding steroid dienone is 2. The maximum atomic E-state index is 12.8. The Morgan fingerprint density at radius 3 is 2.21 bits per heavy atom. The summed E-state index contributed by atoms with van der Waals surface area (Å²) >= 11 is 0. The lowest BCUT2D eigenvalue weighted by Gasteiger charge is -2.71. The minimum Gasteiger partial charge on any atom is -0.481 e. The molecule has 5 rings (SSSR count). The first-order valence-corrected chi connectivity index (χ1v) is 13.8. The summed E-state index contributed by atoms with van der Waals surface area (Å²) in [7, 11) is 0. The van der Waals surface area contributed by atoms with Gasteiger partial charge in [0.25, 0.3) is 0 Å². The lowest BCUT2D eigenvalue weighted by molar-refractivity contribution is -0.205. The molecule has 3 nitrogen and oxygen atoms in total. The Kier molecular flexibility index (Phi) is 4.99. The molecule has 5 aliphatic carbocycles. The van der Waals surface area contributed by atoms with Crippen molar-refractivity contribution in [2.75, 3.05) is 0 Å². The molecule has 0 aromatic carbocycles. The molecule has 33 heavy (non-hydrogen) atoms. The van der Waals surface area contributed by atoms with Crippen LogP contribution in [0.3, 0.4) is 0 Å². The molecule has 2 N–H and O–H groups in total. The van der Waals surface area contributed by atoms with Crippen LogP contribution in [0.1, 0.15) is 113 Å². The van der Waals surface area contributed by atoms with Gasteiger partial charge in [0, 0.05) is 0 Å². The van der Waals surface area contributed by atoms with Crippen molar-refractivity contribution in [1.82, 2.24) is 0 Å². The third-order valence-electron chi connectivity index (χ3n) is 13.0. The molecule has 4 saturated carbocycles. The molecule has 0 spiro atoms. The van der Waals surface area contributed by atoms with Crippen LogP contribution < -0.4 is 0 Å². The van der Waals surface area contributed by atoms with Gasteiger partial charge in [-0.1, -0.05) is 60.1 Å². The Bertz CT molecular complexity index is 885. The maximum absolute atomic E-state index is 12.8. The molecule has 4 fully saturated rings. The van der Waals surface area contributed by atoms with Crippen molar-refractivity contribution < 1.29 is 15.0 Å². The first-order valence-electron chi connectivity index (χ1n) is 13.8. The molecule has 0 bridgehead atoms. The SMILES string of the molecule is CC1(C)CC[C@@]2(C(=O)O)CC[C@]3(C)C(=CC[C@@H]4[C@@]5(C)CC[C@H](O)C(C)(C)[C@@H]5CC[C@]43C)[C@H]2C1. The number of aliphatic carboxylic acids is 1. The summed E-state index contributed by atoms with van der Waals surface area (Å²) in [6.07, 6.45) is 12.6. The smallest absolute Gasteiger partial charge is 0.310 e. The number of hydrogen-bond donors (Lipinski definition) is 2. The summed E-state index contributed by atoms with van der Waals surface area (Å²) < 4.78 is 0. The third kappa shape index (κ3) is 2.87. The predicted octanol–water partition coefficient (Wildman–Crippen LogP) is 7.23. The minimum atomic E-state index is -0.553. The number of fused-ring (bicyclic) bond motifs is 7. The fourth-order valence-corrected chi connectivity index (χ4v) is 10.6. The lowest BCUT2D eigenvalue weighted by atomic mass is 9.33. The van der Waals surface area contributed by atoms with Crippen molar-refractivity contribution in [3.05, 3.63) is 11.6 Å². The molecule has 8 atom stereocenters. The summed E-state index contributed by atoms with van der Waals surface area (Å²) in [5.41, 5.74) is 1.68. The van der Waals surface area contributed by atoms with Crippen LogP contribution in [-0.2, 0) is 4.79 Å². The second-order valence-electron chi connectivity index (χ2n) is 15.1. The molecular weight excluding hydrogens is 408 g/mol. The Morgan fingerprint density at radius 1 is 0.879 bits per heavy atom. The van der Waals surface area contributed by atoms with Crippen molar-refractivity contribution in [2.24, 2.45) is 50.2 Å². The van der Waals surface area contributed by atoms with Crippen molar-refractivity contribution in [2.45, 2.75) is 119 Å². The van der Waals surface area contributed by atoms with Gasteiger partial charge in [-0.2, -0.15) is 0 Å².